The third kappa shape index (κ3) is 6.06. The average Bonchev–Trinajstić information content (AvgIpc) is 2.81. The van der Waals surface area contributed by atoms with Crippen molar-refractivity contribution in [1.29, 1.82) is 0 Å². The highest BCUT2D eigenvalue weighted by molar-refractivity contribution is 7.99. The zero-order valence-electron chi connectivity index (χ0n) is 19.3. The van der Waals surface area contributed by atoms with Gasteiger partial charge in [0.15, 0.2) is 0 Å². The minimum Gasteiger partial charge on any atom is -0.493 e. The van der Waals surface area contributed by atoms with Crippen molar-refractivity contribution in [3.05, 3.63) is 34.1 Å². The van der Waals surface area contributed by atoms with E-state index in [2.05, 4.69) is 9.97 Å². The lowest BCUT2D eigenvalue weighted by Crippen LogP contribution is -2.41. The first kappa shape index (κ1) is 24.0. The van der Waals surface area contributed by atoms with E-state index in [0.29, 0.717) is 40.6 Å². The molecule has 1 aromatic carbocycles. The van der Waals surface area contributed by atoms with Crippen LogP contribution in [0.4, 0.5) is 4.39 Å². The third-order valence-corrected chi connectivity index (χ3v) is 7.70. The minimum atomic E-state index is -0.628. The molecular weight excluding hydrogens is 445 g/mol. The zero-order chi connectivity index (χ0) is 23.4. The van der Waals surface area contributed by atoms with Gasteiger partial charge < -0.3 is 19.4 Å². The molecule has 180 valence electrons. The Balaban J connectivity index is 1.39. The summed E-state index contributed by atoms with van der Waals surface area (Å²) in [6.45, 7) is 7.26. The summed E-state index contributed by atoms with van der Waals surface area (Å²) in [5.74, 6) is 1.36. The molecule has 2 fully saturated rings. The van der Waals surface area contributed by atoms with E-state index in [0.717, 1.165) is 52.0 Å². The highest BCUT2D eigenvalue weighted by Gasteiger charge is 2.25. The smallest absolute Gasteiger partial charge is 0.261 e. The molecule has 9 heteroatoms. The van der Waals surface area contributed by atoms with Gasteiger partial charge in [0, 0.05) is 49.6 Å². The van der Waals surface area contributed by atoms with Crippen molar-refractivity contribution in [3.63, 3.8) is 0 Å². The molecule has 0 saturated carbocycles. The molecule has 0 aliphatic carbocycles. The Morgan fingerprint density at radius 2 is 2.00 bits per heavy atom. The molecule has 0 atom stereocenters. The summed E-state index contributed by atoms with van der Waals surface area (Å²) in [4.78, 5) is 33.8. The van der Waals surface area contributed by atoms with Crippen LogP contribution in [-0.2, 0) is 15.3 Å². The van der Waals surface area contributed by atoms with Crippen LogP contribution in [0.5, 0.6) is 5.75 Å². The first-order valence-electron chi connectivity index (χ1n) is 11.7. The van der Waals surface area contributed by atoms with Gasteiger partial charge in [0.25, 0.3) is 5.56 Å². The van der Waals surface area contributed by atoms with E-state index in [9.17, 15) is 14.0 Å². The highest BCUT2D eigenvalue weighted by Crippen LogP contribution is 2.27. The number of hydrogen-bond acceptors (Lipinski definition) is 6. The second-order valence-electron chi connectivity index (χ2n) is 9.17. The molecule has 0 radical (unpaired) electrons. The number of aromatic amines is 1. The number of thioether (sulfide) groups is 1. The van der Waals surface area contributed by atoms with E-state index in [-0.39, 0.29) is 17.2 Å². The van der Waals surface area contributed by atoms with Gasteiger partial charge in [-0.05, 0) is 31.6 Å². The molecule has 0 unspecified atom stereocenters. The van der Waals surface area contributed by atoms with E-state index in [1.165, 1.54) is 6.07 Å². The number of ether oxygens (including phenoxy) is 2. The summed E-state index contributed by atoms with van der Waals surface area (Å²) in [5, 5.41) is 0.441. The standard InChI is InChI=1S/C24H32FN3O4S/c1-15(2)24(30)28-7-3-16(4-8-28)13-32-17-11-19(25)22-20(12-17)26-21(27-23(22)29)14-33-18-5-9-31-10-6-18/h11-12,15-16,18H,3-10,13-14H2,1-2H3,(H,26,27,29). The fourth-order valence-electron chi connectivity index (χ4n) is 4.34. The fraction of sp³-hybridized carbons (Fsp3) is 0.625. The predicted molar refractivity (Wildman–Crippen MR) is 127 cm³/mol. The van der Waals surface area contributed by atoms with E-state index < -0.39 is 11.4 Å². The van der Waals surface area contributed by atoms with Crippen molar-refractivity contribution in [2.75, 3.05) is 32.9 Å². The topological polar surface area (TPSA) is 84.5 Å². The third-order valence-electron chi connectivity index (χ3n) is 6.31. The Morgan fingerprint density at radius 1 is 1.27 bits per heavy atom. The van der Waals surface area contributed by atoms with Gasteiger partial charge in [-0.25, -0.2) is 9.37 Å². The van der Waals surface area contributed by atoms with Crippen LogP contribution >= 0.6 is 11.8 Å². The second kappa shape index (κ2) is 10.9. The number of hydrogen-bond donors (Lipinski definition) is 1. The van der Waals surface area contributed by atoms with Gasteiger partial charge >= 0.3 is 0 Å². The summed E-state index contributed by atoms with van der Waals surface area (Å²) in [6, 6.07) is 2.90. The molecule has 1 amide bonds. The van der Waals surface area contributed by atoms with Crippen LogP contribution in [0.2, 0.25) is 0 Å². The number of aromatic nitrogens is 2. The first-order chi connectivity index (χ1) is 15.9. The van der Waals surface area contributed by atoms with Crippen LogP contribution in [-0.4, -0.2) is 58.9 Å². The summed E-state index contributed by atoms with van der Waals surface area (Å²) in [6.07, 6.45) is 3.69. The van der Waals surface area contributed by atoms with Crippen molar-refractivity contribution in [2.45, 2.75) is 50.5 Å². The number of halogens is 1. The Morgan fingerprint density at radius 3 is 2.70 bits per heavy atom. The lowest BCUT2D eigenvalue weighted by atomic mass is 9.97. The number of H-pyrrole nitrogens is 1. The number of carbonyl (C=O) groups is 1. The molecule has 0 bridgehead atoms. The maximum Gasteiger partial charge on any atom is 0.261 e. The zero-order valence-corrected chi connectivity index (χ0v) is 20.1. The average molecular weight is 478 g/mol. The molecule has 2 aromatic rings. The van der Waals surface area contributed by atoms with Crippen LogP contribution < -0.4 is 10.3 Å². The van der Waals surface area contributed by atoms with Crippen molar-refractivity contribution in [3.8, 4) is 5.75 Å². The Hall–Kier alpha value is -2.13. The van der Waals surface area contributed by atoms with Gasteiger partial charge in [0.2, 0.25) is 5.91 Å². The van der Waals surface area contributed by atoms with Crippen molar-refractivity contribution in [2.24, 2.45) is 11.8 Å². The molecule has 33 heavy (non-hydrogen) atoms. The van der Waals surface area contributed by atoms with Crippen LogP contribution in [0.1, 0.15) is 45.4 Å². The van der Waals surface area contributed by atoms with Crippen molar-refractivity contribution >= 4 is 28.6 Å². The first-order valence-corrected chi connectivity index (χ1v) is 12.8. The van der Waals surface area contributed by atoms with Crippen molar-refractivity contribution < 1.29 is 18.7 Å². The lowest BCUT2D eigenvalue weighted by Gasteiger charge is -2.33. The quantitative estimate of drug-likeness (QED) is 0.654. The summed E-state index contributed by atoms with van der Waals surface area (Å²) in [7, 11) is 0. The van der Waals surface area contributed by atoms with Gasteiger partial charge in [-0.15, -0.1) is 0 Å². The molecule has 3 heterocycles. The van der Waals surface area contributed by atoms with Gasteiger partial charge in [-0.3, -0.25) is 9.59 Å². The van der Waals surface area contributed by atoms with Crippen molar-refractivity contribution in [1.82, 2.24) is 14.9 Å². The summed E-state index contributed by atoms with van der Waals surface area (Å²) >= 11 is 1.74. The van der Waals surface area contributed by atoms with Crippen LogP contribution in [0.3, 0.4) is 0 Å². The Bertz CT molecular complexity index is 1030. The largest absolute Gasteiger partial charge is 0.493 e. The second-order valence-corrected chi connectivity index (χ2v) is 10.5. The Labute approximate surface area is 197 Å². The molecule has 7 nitrogen and oxygen atoms in total. The summed E-state index contributed by atoms with van der Waals surface area (Å²) < 4.78 is 26.0. The van der Waals surface area contributed by atoms with Gasteiger partial charge in [0.1, 0.15) is 22.8 Å². The van der Waals surface area contributed by atoms with E-state index in [1.54, 1.807) is 17.8 Å². The van der Waals surface area contributed by atoms with Crippen LogP contribution in [0, 0.1) is 17.7 Å². The summed E-state index contributed by atoms with van der Waals surface area (Å²) in [5.41, 5.74) is -0.150. The fourth-order valence-corrected chi connectivity index (χ4v) is 5.39. The SMILES string of the molecule is CC(C)C(=O)N1CCC(COc2cc(F)c3c(=O)[nH]c(CSC4CCOCC4)nc3c2)CC1. The van der Waals surface area contributed by atoms with Gasteiger partial charge in [-0.1, -0.05) is 13.8 Å². The molecule has 2 aliphatic heterocycles. The number of nitrogens with one attached hydrogen (secondary N) is 1. The number of piperidine rings is 1. The van der Waals surface area contributed by atoms with Crippen LogP contribution in [0.15, 0.2) is 16.9 Å². The van der Waals surface area contributed by atoms with Gasteiger partial charge in [-0.2, -0.15) is 11.8 Å². The van der Waals surface area contributed by atoms with E-state index >= 15 is 0 Å². The molecule has 2 saturated heterocycles. The molecule has 0 spiro atoms. The van der Waals surface area contributed by atoms with E-state index in [1.807, 2.05) is 18.7 Å². The number of rotatable bonds is 7. The number of carbonyl (C=O) groups excluding carboxylic acids is 1. The molecule has 1 aromatic heterocycles. The monoisotopic (exact) mass is 477 g/mol. The maximum absolute atomic E-state index is 14.7. The molecular formula is C24H32FN3O4S. The predicted octanol–water partition coefficient (Wildman–Crippen LogP) is 3.75. The number of benzene rings is 1. The number of fused-ring (bicyclic) bond motifs is 1. The normalized spacial score (nSPS) is 18.2. The lowest BCUT2D eigenvalue weighted by molar-refractivity contribution is -0.136. The Kier molecular flexibility index (Phi) is 7.90. The van der Waals surface area contributed by atoms with Crippen LogP contribution in [0.25, 0.3) is 10.9 Å². The molecule has 4 rings (SSSR count). The van der Waals surface area contributed by atoms with Gasteiger partial charge in [0.05, 0.1) is 17.9 Å². The number of amides is 1. The molecule has 2 aliphatic rings. The number of nitrogens with zero attached hydrogens (tertiary/aromatic N) is 2. The highest BCUT2D eigenvalue weighted by atomic mass is 32.2. The number of likely N-dealkylation sites (tertiary alicyclic amines) is 1. The van der Waals surface area contributed by atoms with E-state index in [4.69, 9.17) is 9.47 Å². The molecule has 1 N–H and O–H groups in total. The maximum atomic E-state index is 14.7. The minimum absolute atomic E-state index is 0.00833.